The highest BCUT2D eigenvalue weighted by Crippen LogP contribution is 2.24. The van der Waals surface area contributed by atoms with Gasteiger partial charge < -0.3 is 10.2 Å². The Kier molecular flexibility index (Phi) is 3.61. The summed E-state index contributed by atoms with van der Waals surface area (Å²) in [4.78, 5) is 0. The average Bonchev–Trinajstić information content (AvgIpc) is 2.36. The van der Waals surface area contributed by atoms with Crippen molar-refractivity contribution >= 4 is 11.5 Å². The molecule has 2 nitrogen and oxygen atoms in total. The molecule has 2 heteroatoms. The van der Waals surface area contributed by atoms with Crippen LogP contribution < -0.4 is 0 Å². The van der Waals surface area contributed by atoms with Gasteiger partial charge in [-0.15, -0.1) is 0 Å². The van der Waals surface area contributed by atoms with Gasteiger partial charge >= 0.3 is 0 Å². The van der Waals surface area contributed by atoms with Gasteiger partial charge in [0.15, 0.2) is 11.5 Å². The van der Waals surface area contributed by atoms with Crippen molar-refractivity contribution in [1.82, 2.24) is 0 Å². The molecule has 0 unspecified atom stereocenters. The highest BCUT2D eigenvalue weighted by atomic mass is 16.3. The van der Waals surface area contributed by atoms with Gasteiger partial charge in [0.25, 0.3) is 0 Å². The van der Waals surface area contributed by atoms with E-state index in [-0.39, 0.29) is 11.5 Å². The Morgan fingerprint density at radius 3 is 1.79 bits per heavy atom. The SMILES string of the molecule is Cc1cccc(C(O)=C(O)c2cc(C)cc(C)c2)c1. The number of aliphatic hydroxyl groups excluding tert-OH is 2. The molecule has 2 aromatic carbocycles. The standard InChI is InChI=1S/C17H18O2/c1-11-5-4-6-14(8-11)16(18)17(19)15-9-12(2)7-13(3)10-15/h4-10,18-19H,1-3H3. The third-order valence-corrected chi connectivity index (χ3v) is 3.01. The normalized spacial score (nSPS) is 12.2. The van der Waals surface area contributed by atoms with Crippen molar-refractivity contribution in [1.29, 1.82) is 0 Å². The van der Waals surface area contributed by atoms with Crippen molar-refractivity contribution in [3.63, 3.8) is 0 Å². The first-order valence-electron chi connectivity index (χ1n) is 6.25. The molecule has 0 aliphatic carbocycles. The van der Waals surface area contributed by atoms with E-state index >= 15 is 0 Å². The predicted octanol–water partition coefficient (Wildman–Crippen LogP) is 4.55. The zero-order chi connectivity index (χ0) is 14.0. The first-order valence-corrected chi connectivity index (χ1v) is 6.25. The van der Waals surface area contributed by atoms with Gasteiger partial charge in [-0.1, -0.05) is 41.0 Å². The molecule has 0 amide bonds. The molecule has 98 valence electrons. The number of rotatable bonds is 2. The van der Waals surface area contributed by atoms with Crippen LogP contribution >= 0.6 is 0 Å². The molecule has 0 radical (unpaired) electrons. The summed E-state index contributed by atoms with van der Waals surface area (Å²) in [5.41, 5.74) is 4.41. The largest absolute Gasteiger partial charge is 0.504 e. The molecule has 0 saturated heterocycles. The van der Waals surface area contributed by atoms with E-state index < -0.39 is 0 Å². The Morgan fingerprint density at radius 2 is 1.21 bits per heavy atom. The second-order valence-corrected chi connectivity index (χ2v) is 4.94. The van der Waals surface area contributed by atoms with E-state index in [1.807, 2.05) is 57.2 Å². The summed E-state index contributed by atoms with van der Waals surface area (Å²) >= 11 is 0. The zero-order valence-corrected chi connectivity index (χ0v) is 11.4. The molecule has 2 N–H and O–H groups in total. The molecule has 0 aliphatic heterocycles. The minimum absolute atomic E-state index is 0.0857. The molecule has 2 rings (SSSR count). The van der Waals surface area contributed by atoms with Crippen LogP contribution in [-0.2, 0) is 0 Å². The van der Waals surface area contributed by atoms with E-state index in [1.54, 1.807) is 6.07 Å². The van der Waals surface area contributed by atoms with Crippen LogP contribution in [0.25, 0.3) is 11.5 Å². The third kappa shape index (κ3) is 2.97. The quantitative estimate of drug-likeness (QED) is 0.609. The van der Waals surface area contributed by atoms with E-state index in [0.29, 0.717) is 11.1 Å². The maximum absolute atomic E-state index is 10.2. The molecule has 0 fully saturated rings. The lowest BCUT2D eigenvalue weighted by Crippen LogP contribution is -1.93. The highest BCUT2D eigenvalue weighted by Gasteiger charge is 2.10. The summed E-state index contributed by atoms with van der Waals surface area (Å²) < 4.78 is 0. The van der Waals surface area contributed by atoms with E-state index in [0.717, 1.165) is 16.7 Å². The van der Waals surface area contributed by atoms with Gasteiger partial charge in [-0.2, -0.15) is 0 Å². The smallest absolute Gasteiger partial charge is 0.165 e. The van der Waals surface area contributed by atoms with Gasteiger partial charge in [-0.05, 0) is 39.0 Å². The van der Waals surface area contributed by atoms with Crippen LogP contribution in [0.3, 0.4) is 0 Å². The zero-order valence-electron chi connectivity index (χ0n) is 11.4. The van der Waals surface area contributed by atoms with Crippen molar-refractivity contribution in [3.8, 4) is 0 Å². The van der Waals surface area contributed by atoms with Crippen molar-refractivity contribution in [2.24, 2.45) is 0 Å². The molecule has 2 aromatic rings. The molecule has 0 bridgehead atoms. The van der Waals surface area contributed by atoms with Crippen molar-refractivity contribution in [2.45, 2.75) is 20.8 Å². The monoisotopic (exact) mass is 254 g/mol. The molecule has 0 heterocycles. The number of aliphatic hydroxyl groups is 2. The van der Waals surface area contributed by atoms with E-state index in [1.165, 1.54) is 0 Å². The van der Waals surface area contributed by atoms with Gasteiger partial charge in [-0.3, -0.25) is 0 Å². The van der Waals surface area contributed by atoms with Gasteiger partial charge in [0.1, 0.15) is 0 Å². The fourth-order valence-electron chi connectivity index (χ4n) is 2.18. The number of benzene rings is 2. The summed E-state index contributed by atoms with van der Waals surface area (Å²) in [7, 11) is 0. The first-order chi connectivity index (χ1) is 8.97. The van der Waals surface area contributed by atoms with Gasteiger partial charge in [-0.25, -0.2) is 0 Å². The van der Waals surface area contributed by atoms with E-state index in [2.05, 4.69) is 0 Å². The van der Waals surface area contributed by atoms with Gasteiger partial charge in [0, 0.05) is 11.1 Å². The molecule has 0 aromatic heterocycles. The Balaban J connectivity index is 2.51. The maximum atomic E-state index is 10.2. The van der Waals surface area contributed by atoms with Crippen LogP contribution in [0, 0.1) is 20.8 Å². The lowest BCUT2D eigenvalue weighted by atomic mass is 10.0. The molecule has 0 atom stereocenters. The maximum Gasteiger partial charge on any atom is 0.165 e. The van der Waals surface area contributed by atoms with Crippen molar-refractivity contribution in [2.75, 3.05) is 0 Å². The third-order valence-electron chi connectivity index (χ3n) is 3.01. The molecular weight excluding hydrogens is 236 g/mol. The summed E-state index contributed by atoms with van der Waals surface area (Å²) in [5, 5.41) is 20.4. The first kappa shape index (κ1) is 13.2. The molecule has 19 heavy (non-hydrogen) atoms. The lowest BCUT2D eigenvalue weighted by molar-refractivity contribution is 0.459. The Morgan fingerprint density at radius 1 is 0.684 bits per heavy atom. The highest BCUT2D eigenvalue weighted by molar-refractivity contribution is 5.82. The fraction of sp³-hybridized carbons (Fsp3) is 0.176. The van der Waals surface area contributed by atoms with Crippen LogP contribution in [0.1, 0.15) is 27.8 Å². The van der Waals surface area contributed by atoms with Gasteiger partial charge in [0.2, 0.25) is 0 Å². The molecule has 0 saturated carbocycles. The summed E-state index contributed by atoms with van der Waals surface area (Å²) in [6, 6.07) is 13.2. The Labute approximate surface area is 113 Å². The van der Waals surface area contributed by atoms with Crippen LogP contribution in [0.15, 0.2) is 42.5 Å². The van der Waals surface area contributed by atoms with E-state index in [4.69, 9.17) is 0 Å². The molecule has 0 spiro atoms. The summed E-state index contributed by atoms with van der Waals surface area (Å²) in [6.45, 7) is 5.88. The second kappa shape index (κ2) is 5.19. The second-order valence-electron chi connectivity index (χ2n) is 4.94. The minimum atomic E-state index is -0.0892. The van der Waals surface area contributed by atoms with Crippen LogP contribution in [-0.4, -0.2) is 10.2 Å². The number of hydrogen-bond donors (Lipinski definition) is 2. The summed E-state index contributed by atoms with van der Waals surface area (Å²) in [6.07, 6.45) is 0. The van der Waals surface area contributed by atoms with Crippen LogP contribution in [0.5, 0.6) is 0 Å². The minimum Gasteiger partial charge on any atom is -0.504 e. The Bertz CT molecular complexity index is 619. The fourth-order valence-corrected chi connectivity index (χ4v) is 2.18. The Hall–Kier alpha value is -2.22. The van der Waals surface area contributed by atoms with Gasteiger partial charge in [0.05, 0.1) is 0 Å². The predicted molar refractivity (Wildman–Crippen MR) is 79.2 cm³/mol. The summed E-state index contributed by atoms with van der Waals surface area (Å²) in [5.74, 6) is -0.175. The number of aryl methyl sites for hydroxylation is 3. The van der Waals surface area contributed by atoms with E-state index in [9.17, 15) is 10.2 Å². The molecule has 0 aliphatic rings. The topological polar surface area (TPSA) is 40.5 Å². The van der Waals surface area contributed by atoms with Crippen LogP contribution in [0.4, 0.5) is 0 Å². The number of hydrogen-bond acceptors (Lipinski definition) is 2. The molecular formula is C17H18O2. The van der Waals surface area contributed by atoms with Crippen molar-refractivity contribution < 1.29 is 10.2 Å². The lowest BCUT2D eigenvalue weighted by Gasteiger charge is -2.08. The van der Waals surface area contributed by atoms with Crippen molar-refractivity contribution in [3.05, 3.63) is 70.3 Å². The van der Waals surface area contributed by atoms with Crippen LogP contribution in [0.2, 0.25) is 0 Å². The average molecular weight is 254 g/mol.